The second-order valence-electron chi connectivity index (χ2n) is 12.5. The Kier molecular flexibility index (Phi) is 12.8. The maximum atomic E-state index is 13.6. The van der Waals surface area contributed by atoms with Crippen molar-refractivity contribution in [3.63, 3.8) is 0 Å². The van der Waals surface area contributed by atoms with Crippen molar-refractivity contribution in [3.05, 3.63) is 59.4 Å². The minimum absolute atomic E-state index is 0.0837. The number of hydrogen-bond donors (Lipinski definition) is 1. The topological polar surface area (TPSA) is 100 Å². The van der Waals surface area contributed by atoms with Crippen molar-refractivity contribution in [2.75, 3.05) is 33.3 Å². The Labute approximate surface area is 264 Å². The van der Waals surface area contributed by atoms with Crippen molar-refractivity contribution in [1.82, 2.24) is 14.8 Å². The zero-order valence-corrected chi connectivity index (χ0v) is 26.7. The van der Waals surface area contributed by atoms with E-state index in [1.54, 1.807) is 13.8 Å². The molecule has 2 amide bonds. The highest BCUT2D eigenvalue weighted by molar-refractivity contribution is 5.93. The Bertz CT molecular complexity index is 1290. The number of carbonyl (C=O) groups is 3. The lowest BCUT2D eigenvalue weighted by Crippen LogP contribution is -2.41. The van der Waals surface area contributed by atoms with E-state index < -0.39 is 34.7 Å². The number of rotatable bonds is 15. The van der Waals surface area contributed by atoms with Gasteiger partial charge >= 0.3 is 12.1 Å². The van der Waals surface area contributed by atoms with E-state index in [1.165, 1.54) is 18.1 Å². The van der Waals surface area contributed by atoms with Crippen molar-refractivity contribution in [2.45, 2.75) is 84.2 Å². The van der Waals surface area contributed by atoms with Crippen LogP contribution in [-0.4, -0.2) is 71.0 Å². The average Bonchev–Trinajstić information content (AvgIpc) is 3.01. The van der Waals surface area contributed by atoms with Gasteiger partial charge in [-0.25, -0.2) is 0 Å². The molecule has 3 rings (SSSR count). The largest absolute Gasteiger partial charge is 0.493 e. The Hall–Kier alpha value is -3.63. The molecule has 1 atom stereocenters. The first-order valence-electron chi connectivity index (χ1n) is 15.8. The van der Waals surface area contributed by atoms with Crippen LogP contribution < -0.4 is 4.74 Å². The lowest BCUT2D eigenvalue weighted by Gasteiger charge is -2.35. The maximum Gasteiger partial charge on any atom is 0.418 e. The summed E-state index contributed by atoms with van der Waals surface area (Å²) in [5, 5.41) is 9.38. The quantitative estimate of drug-likeness (QED) is 0.226. The third-order valence-electron chi connectivity index (χ3n) is 8.69. The number of benzene rings is 1. The number of carboxylic acid groups (broad SMARTS) is 1. The van der Waals surface area contributed by atoms with Crippen LogP contribution in [-0.2, 0) is 15.8 Å². The molecular formula is C34H46F3N3O5. The lowest BCUT2D eigenvalue weighted by molar-refractivity contribution is -0.147. The highest BCUT2D eigenvalue weighted by Gasteiger charge is 2.37. The third kappa shape index (κ3) is 9.93. The van der Waals surface area contributed by atoms with E-state index >= 15 is 0 Å². The van der Waals surface area contributed by atoms with Crippen molar-refractivity contribution in [3.8, 4) is 5.75 Å². The minimum Gasteiger partial charge on any atom is -0.493 e. The van der Waals surface area contributed by atoms with E-state index in [0.29, 0.717) is 39.0 Å². The first-order valence-corrected chi connectivity index (χ1v) is 15.8. The fourth-order valence-corrected chi connectivity index (χ4v) is 5.64. The minimum atomic E-state index is -4.68. The molecule has 1 aliphatic rings. The number of amides is 2. The molecule has 0 aliphatic carbocycles. The molecule has 0 saturated carbocycles. The first-order chi connectivity index (χ1) is 21.3. The highest BCUT2D eigenvalue weighted by Crippen LogP contribution is 2.36. The number of ether oxygens (including phenoxy) is 1. The number of nitrogens with zero attached hydrogens (tertiary/aromatic N) is 3. The molecule has 2 aromatic rings. The summed E-state index contributed by atoms with van der Waals surface area (Å²) < 4.78 is 46.2. The van der Waals surface area contributed by atoms with Crippen LogP contribution in [0.4, 0.5) is 13.2 Å². The van der Waals surface area contributed by atoms with Crippen LogP contribution in [0.1, 0.15) is 99.7 Å². The summed E-state index contributed by atoms with van der Waals surface area (Å²) in [7, 11) is 1.46. The number of halogens is 3. The number of pyridine rings is 1. The summed E-state index contributed by atoms with van der Waals surface area (Å²) in [5.74, 6) is -0.843. The van der Waals surface area contributed by atoms with Crippen LogP contribution in [0.15, 0.2) is 42.6 Å². The summed E-state index contributed by atoms with van der Waals surface area (Å²) in [6, 6.07) is 9.80. The van der Waals surface area contributed by atoms with Gasteiger partial charge in [0.1, 0.15) is 11.4 Å². The predicted octanol–water partition coefficient (Wildman–Crippen LogP) is 7.04. The number of aromatic nitrogens is 1. The smallest absolute Gasteiger partial charge is 0.418 e. The molecule has 8 nitrogen and oxygen atoms in total. The number of unbranched alkanes of at least 4 members (excludes halogenated alkanes) is 1. The molecular weight excluding hydrogens is 587 g/mol. The fourth-order valence-electron chi connectivity index (χ4n) is 5.64. The molecule has 1 aromatic heterocycles. The summed E-state index contributed by atoms with van der Waals surface area (Å²) in [4.78, 5) is 44.7. The number of para-hydroxylation sites is 1. The molecule has 0 bridgehead atoms. The SMILES string of the molecule is CCCCC(CCCN(C)C(=O)c1ncccc1C(F)(F)F)C(=O)N1CCC(c2ccccc2OCCC(C)(C)C(=O)O)CC1. The van der Waals surface area contributed by atoms with Crippen LogP contribution in [0, 0.1) is 11.3 Å². The van der Waals surface area contributed by atoms with Gasteiger partial charge < -0.3 is 19.6 Å². The standard InChI is InChI=1S/C34H46F3N3O5/c1-5-6-11-25(12-10-20-39(4)31(42)29-27(34(35,36)37)14-9-19-38-29)30(41)40-21-16-24(17-22-40)26-13-7-8-15-28(26)45-23-18-33(2,3)32(43)44/h7-9,13-15,19,24-25H,5-6,10-12,16-18,20-23H2,1-4H3,(H,43,44). The number of hydrogen-bond acceptors (Lipinski definition) is 5. The van der Waals surface area contributed by atoms with Crippen molar-refractivity contribution >= 4 is 17.8 Å². The van der Waals surface area contributed by atoms with E-state index in [2.05, 4.69) is 11.9 Å². The van der Waals surface area contributed by atoms with Crippen LogP contribution in [0.25, 0.3) is 0 Å². The van der Waals surface area contributed by atoms with Crippen molar-refractivity contribution < 1.29 is 37.4 Å². The van der Waals surface area contributed by atoms with Gasteiger partial charge in [0.15, 0.2) is 0 Å². The van der Waals surface area contributed by atoms with Gasteiger partial charge in [-0.15, -0.1) is 0 Å². The number of carbonyl (C=O) groups excluding carboxylic acids is 2. The van der Waals surface area contributed by atoms with Crippen molar-refractivity contribution in [1.29, 1.82) is 0 Å². The number of aliphatic carboxylic acids is 1. The third-order valence-corrected chi connectivity index (χ3v) is 8.69. The molecule has 1 fully saturated rings. The molecule has 0 spiro atoms. The van der Waals surface area contributed by atoms with Gasteiger partial charge in [-0.1, -0.05) is 38.0 Å². The van der Waals surface area contributed by atoms with Crippen molar-refractivity contribution in [2.24, 2.45) is 11.3 Å². The second kappa shape index (κ2) is 16.1. The number of likely N-dealkylation sites (tertiary alicyclic amines) is 1. The van der Waals surface area contributed by atoms with E-state index in [4.69, 9.17) is 4.74 Å². The molecule has 2 heterocycles. The van der Waals surface area contributed by atoms with Crippen LogP contribution in [0.3, 0.4) is 0 Å². The second-order valence-corrected chi connectivity index (χ2v) is 12.5. The monoisotopic (exact) mass is 633 g/mol. The molecule has 1 aromatic carbocycles. The summed E-state index contributed by atoms with van der Waals surface area (Å²) >= 11 is 0. The van der Waals surface area contributed by atoms with Gasteiger partial charge in [-0.2, -0.15) is 13.2 Å². The van der Waals surface area contributed by atoms with Gasteiger partial charge in [-0.05, 0) is 82.1 Å². The zero-order valence-electron chi connectivity index (χ0n) is 26.7. The van der Waals surface area contributed by atoms with E-state index in [-0.39, 0.29) is 24.3 Å². The molecule has 1 unspecified atom stereocenters. The number of piperidine rings is 1. The summed E-state index contributed by atoms with van der Waals surface area (Å²) in [6.45, 7) is 7.13. The average molecular weight is 634 g/mol. The molecule has 0 radical (unpaired) electrons. The Morgan fingerprint density at radius 2 is 1.73 bits per heavy atom. The maximum absolute atomic E-state index is 13.6. The summed E-state index contributed by atoms with van der Waals surface area (Å²) in [6.07, 6.45) is 1.97. The summed E-state index contributed by atoms with van der Waals surface area (Å²) in [5.41, 5.74) is -1.49. The normalized spacial score (nSPS) is 15.0. The van der Waals surface area contributed by atoms with Gasteiger partial charge in [0.25, 0.3) is 5.91 Å². The van der Waals surface area contributed by atoms with Crippen LogP contribution >= 0.6 is 0 Å². The number of alkyl halides is 3. The zero-order chi connectivity index (χ0) is 33.2. The molecule has 1 N–H and O–H groups in total. The Morgan fingerprint density at radius 3 is 2.38 bits per heavy atom. The van der Waals surface area contributed by atoms with Gasteiger partial charge in [-0.3, -0.25) is 19.4 Å². The van der Waals surface area contributed by atoms with E-state index in [9.17, 15) is 32.7 Å². The van der Waals surface area contributed by atoms with E-state index in [0.717, 1.165) is 55.5 Å². The Balaban J connectivity index is 1.56. The molecule has 1 saturated heterocycles. The molecule has 1 aliphatic heterocycles. The van der Waals surface area contributed by atoms with Gasteiger partial charge in [0.05, 0.1) is 17.6 Å². The van der Waals surface area contributed by atoms with Gasteiger partial charge in [0, 0.05) is 38.8 Å². The first kappa shape index (κ1) is 35.8. The van der Waals surface area contributed by atoms with Crippen LogP contribution in [0.2, 0.25) is 0 Å². The number of carboxylic acids is 1. The Morgan fingerprint density at radius 1 is 1.07 bits per heavy atom. The predicted molar refractivity (Wildman–Crippen MR) is 165 cm³/mol. The van der Waals surface area contributed by atoms with Crippen LogP contribution in [0.5, 0.6) is 5.75 Å². The molecule has 248 valence electrons. The lowest BCUT2D eigenvalue weighted by atomic mass is 9.87. The van der Waals surface area contributed by atoms with Gasteiger partial charge in [0.2, 0.25) is 5.91 Å². The molecule has 11 heteroatoms. The highest BCUT2D eigenvalue weighted by atomic mass is 19.4. The fraction of sp³-hybridized carbons (Fsp3) is 0.588. The van der Waals surface area contributed by atoms with E-state index in [1.807, 2.05) is 29.2 Å². The molecule has 45 heavy (non-hydrogen) atoms.